The van der Waals surface area contributed by atoms with E-state index in [0.717, 1.165) is 5.56 Å². The topological polar surface area (TPSA) is 134 Å². The molecule has 10 heteroatoms. The first kappa shape index (κ1) is 29.5. The number of carbonyl (C=O) groups is 4. The molecule has 3 amide bonds. The van der Waals surface area contributed by atoms with Crippen LogP contribution >= 0.6 is 12.6 Å². The van der Waals surface area contributed by atoms with Gasteiger partial charge in [-0.1, -0.05) is 39.8 Å². The van der Waals surface area contributed by atoms with Crippen molar-refractivity contribution >= 4 is 36.3 Å². The van der Waals surface area contributed by atoms with Crippen LogP contribution in [0.2, 0.25) is 0 Å². The Hall–Kier alpha value is -2.75. The fourth-order valence-corrected chi connectivity index (χ4v) is 4.23. The summed E-state index contributed by atoms with van der Waals surface area (Å²) in [7, 11) is 3.04. The molecule has 0 aliphatic heterocycles. The third kappa shape index (κ3) is 10.9. The van der Waals surface area contributed by atoms with Gasteiger partial charge in [0.1, 0.15) is 17.8 Å². The fraction of sp³-hybridized carbons (Fsp3) is 0.615. The summed E-state index contributed by atoms with van der Waals surface area (Å²) in [5.41, 5.74) is 0.817. The molecule has 202 valence electrons. The summed E-state index contributed by atoms with van der Waals surface area (Å²) in [6.45, 7) is 5.63. The van der Waals surface area contributed by atoms with E-state index < -0.39 is 41.0 Å². The normalized spacial score (nSPS) is 15.6. The van der Waals surface area contributed by atoms with Crippen LogP contribution in [0.4, 0.5) is 0 Å². The van der Waals surface area contributed by atoms with E-state index in [-0.39, 0.29) is 50.3 Å². The molecule has 0 aromatic heterocycles. The van der Waals surface area contributed by atoms with Crippen molar-refractivity contribution in [3.05, 3.63) is 29.8 Å². The van der Waals surface area contributed by atoms with Gasteiger partial charge >= 0.3 is 5.97 Å². The highest BCUT2D eigenvalue weighted by Gasteiger charge is 2.32. The number of carbonyl (C=O) groups excluding carboxylic acids is 3. The summed E-state index contributed by atoms with van der Waals surface area (Å²) >= 11 is 4.53. The van der Waals surface area contributed by atoms with Crippen LogP contribution in [0, 0.1) is 17.8 Å². The smallest absolute Gasteiger partial charge is 0.326 e. The molecule has 36 heavy (non-hydrogen) atoms. The highest BCUT2D eigenvalue weighted by molar-refractivity contribution is 7.81. The Morgan fingerprint density at radius 1 is 1.00 bits per heavy atom. The number of likely N-dealkylation sites (N-methyl/N-ethyl adjacent to an activating group) is 1. The Labute approximate surface area is 220 Å². The van der Waals surface area contributed by atoms with Gasteiger partial charge in [0.2, 0.25) is 17.7 Å². The lowest BCUT2D eigenvalue weighted by Crippen LogP contribution is -2.50. The second-order valence-electron chi connectivity index (χ2n) is 9.53. The van der Waals surface area contributed by atoms with Crippen molar-refractivity contribution in [2.45, 2.75) is 70.7 Å². The Morgan fingerprint density at radius 3 is 2.14 bits per heavy atom. The number of benzene rings is 1. The van der Waals surface area contributed by atoms with Crippen LogP contribution in [0.3, 0.4) is 0 Å². The number of hydrogen-bond acceptors (Lipinski definition) is 6. The molecule has 0 saturated heterocycles. The molecule has 0 aliphatic carbocycles. The van der Waals surface area contributed by atoms with E-state index in [4.69, 9.17) is 6.11 Å². The number of ether oxygens (including phenoxy) is 1. The molecule has 4 N–H and O–H groups in total. The Bertz CT molecular complexity index is 899. The molecular weight excluding hydrogens is 482 g/mol. The number of hydrogen-bond donors (Lipinski definition) is 5. The number of amides is 3. The molecule has 9 nitrogen and oxygen atoms in total. The second-order valence-corrected chi connectivity index (χ2v) is 10.2. The van der Waals surface area contributed by atoms with Crippen molar-refractivity contribution in [1.82, 2.24) is 16.0 Å². The Balaban J connectivity index is 3.02. The van der Waals surface area contributed by atoms with Gasteiger partial charge in [0.05, 0.1) is 13.0 Å². The molecule has 0 saturated carbocycles. The molecule has 0 bridgehead atoms. The molecule has 0 radical (unpaired) electrons. The van der Waals surface area contributed by atoms with Gasteiger partial charge < -0.3 is 25.8 Å². The fourth-order valence-electron chi connectivity index (χ4n) is 3.81. The SMILES string of the molecule is [2H]CC(C)CC(C(=O)N[C@@H](Cc1ccc(OC)cc1)C(=O)NC)C(S)CC(=O)N[C@@H](CC(C)C)C(=O)O. The Morgan fingerprint density at radius 2 is 1.64 bits per heavy atom. The van der Waals surface area contributed by atoms with Crippen LogP contribution in [-0.2, 0) is 25.6 Å². The number of thiol groups is 1. The van der Waals surface area contributed by atoms with Gasteiger partial charge in [0, 0.05) is 26.5 Å². The molecule has 1 aromatic rings. The standard InChI is InChI=1S/C26H41N3O6S/c1-15(2)11-19(22(36)14-23(30)28-21(26(33)34)12-16(3)4)24(31)29-20(25(32)27-5)13-17-7-9-18(35-6)10-8-17/h7-10,15-16,19-22,36H,11-14H2,1-6H3,(H,27,32)(H,28,30)(H,29,31)(H,33,34)/t19?,20-,21-,22?/m0/s1/i1D/t15?,19?,20-,21-,22?. The minimum Gasteiger partial charge on any atom is -0.497 e. The summed E-state index contributed by atoms with van der Waals surface area (Å²) in [6, 6.07) is 5.25. The summed E-state index contributed by atoms with van der Waals surface area (Å²) in [4.78, 5) is 50.1. The number of carboxylic acid groups (broad SMARTS) is 1. The van der Waals surface area contributed by atoms with Gasteiger partial charge in [0.25, 0.3) is 0 Å². The molecule has 0 spiro atoms. The maximum absolute atomic E-state index is 13.4. The van der Waals surface area contributed by atoms with Crippen molar-refractivity contribution < 1.29 is 30.4 Å². The highest BCUT2D eigenvalue weighted by Crippen LogP contribution is 2.23. The Kier molecular flexibility index (Phi) is 12.6. The van der Waals surface area contributed by atoms with E-state index >= 15 is 0 Å². The van der Waals surface area contributed by atoms with Crippen LogP contribution in [0.25, 0.3) is 0 Å². The van der Waals surface area contributed by atoms with E-state index in [1.54, 1.807) is 19.2 Å². The van der Waals surface area contributed by atoms with Crippen LogP contribution in [0.1, 0.15) is 53.9 Å². The average Bonchev–Trinajstić information content (AvgIpc) is 2.85. The maximum Gasteiger partial charge on any atom is 0.326 e. The van der Waals surface area contributed by atoms with Crippen LogP contribution in [-0.4, -0.2) is 60.3 Å². The summed E-state index contributed by atoms with van der Waals surface area (Å²) in [5, 5.41) is 16.6. The number of methoxy groups -OCH3 is 1. The van der Waals surface area contributed by atoms with Crippen LogP contribution < -0.4 is 20.7 Å². The summed E-state index contributed by atoms with van der Waals surface area (Å²) in [5.74, 6) is -2.66. The van der Waals surface area contributed by atoms with Gasteiger partial charge in [-0.15, -0.1) is 0 Å². The molecule has 1 rings (SSSR count). The number of nitrogens with one attached hydrogen (secondary N) is 3. The predicted octanol–water partition coefficient (Wildman–Crippen LogP) is 2.43. The van der Waals surface area contributed by atoms with Crippen LogP contribution in [0.15, 0.2) is 24.3 Å². The first-order chi connectivity index (χ1) is 17.4. The zero-order chi connectivity index (χ0) is 28.1. The van der Waals surface area contributed by atoms with Crippen molar-refractivity contribution in [2.24, 2.45) is 17.8 Å². The molecule has 3 unspecified atom stereocenters. The zero-order valence-corrected chi connectivity index (χ0v) is 22.6. The monoisotopic (exact) mass is 524 g/mol. The second kappa shape index (κ2) is 15.4. The van der Waals surface area contributed by atoms with E-state index in [0.29, 0.717) is 5.75 Å². The van der Waals surface area contributed by atoms with Crippen LogP contribution in [0.5, 0.6) is 5.75 Å². The van der Waals surface area contributed by atoms with Gasteiger partial charge in [0.15, 0.2) is 0 Å². The molecule has 5 atom stereocenters. The molecule has 0 heterocycles. The minimum atomic E-state index is -1.12. The van der Waals surface area contributed by atoms with E-state index in [1.807, 2.05) is 32.9 Å². The number of rotatable bonds is 15. The number of aliphatic carboxylic acids is 1. The number of carboxylic acids is 1. The van der Waals surface area contributed by atoms with E-state index in [1.165, 1.54) is 7.05 Å². The van der Waals surface area contributed by atoms with Crippen molar-refractivity contribution in [2.75, 3.05) is 14.2 Å². The third-order valence-electron chi connectivity index (χ3n) is 5.67. The van der Waals surface area contributed by atoms with Crippen molar-refractivity contribution in [1.29, 1.82) is 0 Å². The average molecular weight is 525 g/mol. The highest BCUT2D eigenvalue weighted by atomic mass is 32.1. The zero-order valence-electron chi connectivity index (χ0n) is 22.7. The van der Waals surface area contributed by atoms with Gasteiger partial charge in [-0.2, -0.15) is 12.6 Å². The quantitative estimate of drug-likeness (QED) is 0.224. The van der Waals surface area contributed by atoms with Gasteiger partial charge in [-0.3, -0.25) is 14.4 Å². The van der Waals surface area contributed by atoms with Crippen molar-refractivity contribution in [3.8, 4) is 5.75 Å². The maximum atomic E-state index is 13.4. The lowest BCUT2D eigenvalue weighted by molar-refractivity contribution is -0.142. The summed E-state index contributed by atoms with van der Waals surface area (Å²) in [6.07, 6.45) is 0.617. The van der Waals surface area contributed by atoms with E-state index in [2.05, 4.69) is 28.6 Å². The lowest BCUT2D eigenvalue weighted by Gasteiger charge is -2.27. The summed E-state index contributed by atoms with van der Waals surface area (Å²) < 4.78 is 12.8. The van der Waals surface area contributed by atoms with Gasteiger partial charge in [-0.05, 0) is 42.4 Å². The third-order valence-corrected chi connectivity index (χ3v) is 6.21. The van der Waals surface area contributed by atoms with Gasteiger partial charge in [-0.25, -0.2) is 4.79 Å². The predicted molar refractivity (Wildman–Crippen MR) is 142 cm³/mol. The first-order valence-corrected chi connectivity index (χ1v) is 12.6. The molecule has 1 aromatic carbocycles. The molecule has 0 fully saturated rings. The molecular formula is C26H41N3O6S. The first-order valence-electron chi connectivity index (χ1n) is 12.8. The van der Waals surface area contributed by atoms with E-state index in [9.17, 15) is 24.3 Å². The minimum absolute atomic E-state index is 0.0666. The lowest BCUT2D eigenvalue weighted by atomic mass is 9.90. The molecule has 0 aliphatic rings. The van der Waals surface area contributed by atoms with Crippen molar-refractivity contribution in [3.63, 3.8) is 0 Å². The largest absolute Gasteiger partial charge is 0.497 e.